The van der Waals surface area contributed by atoms with Crippen molar-refractivity contribution in [3.63, 3.8) is 0 Å². The zero-order valence-corrected chi connectivity index (χ0v) is 28.0. The highest BCUT2D eigenvalue weighted by Crippen LogP contribution is 2.40. The molecule has 2 atom stereocenters. The molecular formula is C31H38ClF4N7O3S. The van der Waals surface area contributed by atoms with Gasteiger partial charge < -0.3 is 19.7 Å². The summed E-state index contributed by atoms with van der Waals surface area (Å²) in [5.41, 5.74) is -0.310. The van der Waals surface area contributed by atoms with Crippen LogP contribution in [0.3, 0.4) is 0 Å². The summed E-state index contributed by atoms with van der Waals surface area (Å²) in [7, 11) is 1.59. The minimum Gasteiger partial charge on any atom is -0.466 e. The summed E-state index contributed by atoms with van der Waals surface area (Å²) in [6.45, 7) is 7.81. The number of methoxy groups -OCH3 is 1. The molecule has 0 unspecified atom stereocenters. The van der Waals surface area contributed by atoms with Gasteiger partial charge in [0, 0.05) is 56.3 Å². The Morgan fingerprint density at radius 3 is 2.70 bits per heavy atom. The molecule has 2 saturated heterocycles. The minimum atomic E-state index is -4.64. The van der Waals surface area contributed by atoms with Crippen LogP contribution in [0.1, 0.15) is 43.6 Å². The molecule has 10 nitrogen and oxygen atoms in total. The van der Waals surface area contributed by atoms with Gasteiger partial charge in [0.1, 0.15) is 6.33 Å². The van der Waals surface area contributed by atoms with Crippen LogP contribution in [0.5, 0.6) is 0 Å². The third kappa shape index (κ3) is 8.49. The van der Waals surface area contributed by atoms with Crippen LogP contribution in [-0.4, -0.2) is 95.9 Å². The number of nitrogens with one attached hydrogen (secondary N) is 1. The van der Waals surface area contributed by atoms with E-state index in [1.165, 1.54) is 29.8 Å². The van der Waals surface area contributed by atoms with Crippen molar-refractivity contribution in [2.24, 2.45) is 0 Å². The lowest BCUT2D eigenvalue weighted by molar-refractivity contribution is -0.143. The van der Waals surface area contributed by atoms with Gasteiger partial charge in [-0.15, -0.1) is 0 Å². The molecule has 1 N–H and O–H groups in total. The number of nitrogens with zero attached hydrogens (tertiary/aromatic N) is 6. The van der Waals surface area contributed by atoms with E-state index in [0.717, 1.165) is 30.3 Å². The number of carbonyl (C=O) groups excluding carboxylic acids is 1. The SMILES string of the molecule is CCOC(=O)CCN1CCN(c2ncnc(Nc3nc(-c4ccc(Cl)c(C(F)(F)F)c4)c(CN4CCC[C@H]4C)s3)c2F)C[C@@H]1COC. The number of rotatable bonds is 12. The van der Waals surface area contributed by atoms with E-state index in [1.807, 2.05) is 4.90 Å². The van der Waals surface area contributed by atoms with Crippen molar-refractivity contribution in [1.82, 2.24) is 24.8 Å². The number of alkyl halides is 3. The largest absolute Gasteiger partial charge is 0.466 e. The highest BCUT2D eigenvalue weighted by molar-refractivity contribution is 7.16. The summed E-state index contributed by atoms with van der Waals surface area (Å²) in [4.78, 5) is 31.9. The first-order valence-corrected chi connectivity index (χ1v) is 16.7. The van der Waals surface area contributed by atoms with E-state index in [1.54, 1.807) is 14.0 Å². The molecule has 47 heavy (non-hydrogen) atoms. The van der Waals surface area contributed by atoms with E-state index < -0.39 is 22.6 Å². The highest BCUT2D eigenvalue weighted by atomic mass is 35.5. The Balaban J connectivity index is 1.39. The number of hydrogen-bond donors (Lipinski definition) is 1. The number of piperazine rings is 1. The summed E-state index contributed by atoms with van der Waals surface area (Å²) in [6, 6.07) is 3.93. The Bertz CT molecular complexity index is 1550. The molecule has 4 heterocycles. The van der Waals surface area contributed by atoms with Crippen molar-refractivity contribution < 1.29 is 31.8 Å². The smallest absolute Gasteiger partial charge is 0.417 e. The van der Waals surface area contributed by atoms with Gasteiger partial charge in [-0.1, -0.05) is 29.0 Å². The van der Waals surface area contributed by atoms with E-state index in [4.69, 9.17) is 21.1 Å². The summed E-state index contributed by atoms with van der Waals surface area (Å²) in [5.74, 6) is -0.953. The molecule has 0 saturated carbocycles. The van der Waals surface area contributed by atoms with Gasteiger partial charge in [-0.25, -0.2) is 15.0 Å². The quantitative estimate of drug-likeness (QED) is 0.173. The summed E-state index contributed by atoms with van der Waals surface area (Å²) < 4.78 is 67.7. The maximum atomic E-state index is 16.0. The van der Waals surface area contributed by atoms with Crippen molar-refractivity contribution in [3.05, 3.63) is 45.8 Å². The fourth-order valence-electron chi connectivity index (χ4n) is 6.01. The average molecular weight is 700 g/mol. The van der Waals surface area contributed by atoms with Crippen LogP contribution >= 0.6 is 22.9 Å². The number of benzene rings is 1. The van der Waals surface area contributed by atoms with Crippen LogP contribution in [-0.2, 0) is 27.0 Å². The molecule has 2 aromatic heterocycles. The van der Waals surface area contributed by atoms with Crippen LogP contribution in [0.25, 0.3) is 11.3 Å². The van der Waals surface area contributed by atoms with E-state index in [-0.39, 0.29) is 40.8 Å². The number of likely N-dealkylation sites (tertiary alicyclic amines) is 1. The first-order valence-electron chi connectivity index (χ1n) is 15.5. The van der Waals surface area contributed by atoms with Crippen LogP contribution < -0.4 is 10.2 Å². The number of hydrogen-bond acceptors (Lipinski definition) is 11. The van der Waals surface area contributed by atoms with Gasteiger partial charge >= 0.3 is 12.1 Å². The van der Waals surface area contributed by atoms with E-state index in [9.17, 15) is 18.0 Å². The summed E-state index contributed by atoms with van der Waals surface area (Å²) >= 11 is 7.15. The Morgan fingerprint density at radius 2 is 2.00 bits per heavy atom. The highest BCUT2D eigenvalue weighted by Gasteiger charge is 2.34. The molecule has 0 spiro atoms. The molecule has 0 amide bonds. The molecule has 5 rings (SSSR count). The van der Waals surface area contributed by atoms with Crippen LogP contribution in [0.4, 0.5) is 34.3 Å². The molecule has 0 bridgehead atoms. The maximum Gasteiger partial charge on any atom is 0.417 e. The second kappa shape index (κ2) is 15.4. The fraction of sp³-hybridized carbons (Fsp3) is 0.548. The van der Waals surface area contributed by atoms with Crippen LogP contribution in [0.15, 0.2) is 24.5 Å². The Kier molecular flexibility index (Phi) is 11.5. The zero-order chi connectivity index (χ0) is 33.7. The fourth-order valence-corrected chi connectivity index (χ4v) is 7.24. The van der Waals surface area contributed by atoms with Crippen molar-refractivity contribution in [1.29, 1.82) is 0 Å². The number of thiazole rings is 1. The second-order valence-corrected chi connectivity index (χ2v) is 13.1. The predicted molar refractivity (Wildman–Crippen MR) is 173 cm³/mol. The van der Waals surface area contributed by atoms with Crippen molar-refractivity contribution in [3.8, 4) is 11.3 Å². The molecule has 256 valence electrons. The predicted octanol–water partition coefficient (Wildman–Crippen LogP) is 6.23. The van der Waals surface area contributed by atoms with Gasteiger partial charge in [0.05, 0.1) is 42.0 Å². The lowest BCUT2D eigenvalue weighted by atomic mass is 10.1. The number of aromatic nitrogens is 3. The van der Waals surface area contributed by atoms with E-state index >= 15 is 4.39 Å². The molecule has 2 fully saturated rings. The van der Waals surface area contributed by atoms with Gasteiger partial charge in [0.15, 0.2) is 16.8 Å². The molecule has 1 aromatic carbocycles. The maximum absolute atomic E-state index is 16.0. The van der Waals surface area contributed by atoms with Gasteiger partial charge in [0.25, 0.3) is 0 Å². The lowest BCUT2D eigenvalue weighted by Gasteiger charge is -2.41. The van der Waals surface area contributed by atoms with Gasteiger partial charge in [-0.05, 0) is 45.4 Å². The van der Waals surface area contributed by atoms with Gasteiger partial charge in [-0.2, -0.15) is 17.6 Å². The van der Waals surface area contributed by atoms with E-state index in [2.05, 4.69) is 37.0 Å². The third-order valence-corrected chi connectivity index (χ3v) is 9.73. The molecule has 0 aliphatic carbocycles. The van der Waals surface area contributed by atoms with Crippen LogP contribution in [0.2, 0.25) is 5.02 Å². The lowest BCUT2D eigenvalue weighted by Crippen LogP contribution is -2.55. The Hall–Kier alpha value is -3.11. The van der Waals surface area contributed by atoms with Crippen molar-refractivity contribution in [2.45, 2.75) is 57.9 Å². The molecule has 16 heteroatoms. The van der Waals surface area contributed by atoms with Crippen LogP contribution in [0, 0.1) is 5.82 Å². The third-order valence-electron chi connectivity index (χ3n) is 8.45. The number of ether oxygens (including phenoxy) is 2. The number of anilines is 3. The van der Waals surface area contributed by atoms with Crippen molar-refractivity contribution >= 4 is 45.7 Å². The molecule has 2 aliphatic rings. The number of esters is 1. The second-order valence-electron chi connectivity index (χ2n) is 11.6. The Morgan fingerprint density at radius 1 is 1.19 bits per heavy atom. The summed E-state index contributed by atoms with van der Waals surface area (Å²) in [5, 5.41) is 2.86. The molecule has 3 aromatic rings. The topological polar surface area (TPSA) is 96.0 Å². The molecule has 2 aliphatic heterocycles. The number of halogens is 5. The molecule has 0 radical (unpaired) electrons. The number of carbonyl (C=O) groups is 1. The Labute approximate surface area is 280 Å². The first-order chi connectivity index (χ1) is 22.5. The van der Waals surface area contributed by atoms with Gasteiger partial charge in [0.2, 0.25) is 5.82 Å². The minimum absolute atomic E-state index is 0.100. The normalized spacial score (nSPS) is 19.4. The first kappa shape index (κ1) is 35.2. The monoisotopic (exact) mass is 699 g/mol. The molecular weight excluding hydrogens is 662 g/mol. The van der Waals surface area contributed by atoms with Crippen molar-refractivity contribution in [2.75, 3.05) is 63.3 Å². The average Bonchev–Trinajstić information content (AvgIpc) is 3.62. The van der Waals surface area contributed by atoms with E-state index in [0.29, 0.717) is 57.7 Å². The standard InChI is InChI=1S/C31H38ClF4N7O3S/c1-4-46-25(44)9-11-41-12-13-43(15-21(41)17-45-3)29-26(33)28(37-18-38-29)40-30-39-27(24(47-30)16-42-10-5-6-19(42)2)20-7-8-23(32)22(14-20)31(34,35)36/h7-8,14,18-19,21H,4-6,9-13,15-17H2,1-3H3,(H,37,38,39,40)/t19-,21-/m1/s1. The zero-order valence-electron chi connectivity index (χ0n) is 26.4. The summed E-state index contributed by atoms with van der Waals surface area (Å²) in [6.07, 6.45) is -1.08. The van der Waals surface area contributed by atoms with Gasteiger partial charge in [-0.3, -0.25) is 14.6 Å².